The van der Waals surface area contributed by atoms with Crippen LogP contribution in [0.3, 0.4) is 0 Å². The van der Waals surface area contributed by atoms with Crippen molar-refractivity contribution in [1.82, 2.24) is 15.6 Å². The number of hydrogen-bond donors (Lipinski definition) is 2. The molecular formula is C20H18N4O2S. The third kappa shape index (κ3) is 4.68. The second-order valence-corrected chi connectivity index (χ2v) is 7.11. The fourth-order valence-corrected chi connectivity index (χ4v) is 3.64. The van der Waals surface area contributed by atoms with E-state index < -0.39 is 6.04 Å². The number of nitriles is 1. The third-order valence-electron chi connectivity index (χ3n) is 3.96. The predicted octanol–water partition coefficient (Wildman–Crippen LogP) is 2.65. The molecule has 0 radical (unpaired) electrons. The van der Waals surface area contributed by atoms with Crippen molar-refractivity contribution in [2.75, 3.05) is 6.54 Å². The highest BCUT2D eigenvalue weighted by Gasteiger charge is 2.16. The van der Waals surface area contributed by atoms with Crippen LogP contribution in [-0.4, -0.2) is 29.4 Å². The molecule has 2 aromatic carbocycles. The zero-order valence-corrected chi connectivity index (χ0v) is 15.5. The molecule has 3 rings (SSSR count). The van der Waals surface area contributed by atoms with Gasteiger partial charge >= 0.3 is 0 Å². The Balaban J connectivity index is 1.68. The normalized spacial score (nSPS) is 11.6. The molecule has 0 spiro atoms. The van der Waals surface area contributed by atoms with Crippen LogP contribution in [0.15, 0.2) is 48.5 Å². The molecule has 0 aliphatic rings. The van der Waals surface area contributed by atoms with Gasteiger partial charge in [0.05, 0.1) is 22.7 Å². The Morgan fingerprint density at radius 2 is 1.96 bits per heavy atom. The van der Waals surface area contributed by atoms with Gasteiger partial charge in [0.1, 0.15) is 17.6 Å². The zero-order valence-electron chi connectivity index (χ0n) is 14.7. The van der Waals surface area contributed by atoms with Crippen molar-refractivity contribution >= 4 is 33.4 Å². The van der Waals surface area contributed by atoms with E-state index in [1.165, 1.54) is 11.3 Å². The maximum atomic E-state index is 12.2. The Labute approximate surface area is 160 Å². The van der Waals surface area contributed by atoms with Crippen LogP contribution in [0.1, 0.15) is 11.9 Å². The fourth-order valence-electron chi connectivity index (χ4n) is 2.63. The number of nitrogens with zero attached hydrogens (tertiary/aromatic N) is 2. The van der Waals surface area contributed by atoms with Crippen LogP contribution in [0.5, 0.6) is 0 Å². The van der Waals surface area contributed by atoms with E-state index in [0.717, 1.165) is 21.3 Å². The minimum atomic E-state index is -0.704. The maximum absolute atomic E-state index is 12.2. The molecule has 136 valence electrons. The first-order valence-corrected chi connectivity index (χ1v) is 9.27. The number of benzene rings is 2. The Morgan fingerprint density at radius 3 is 2.70 bits per heavy atom. The van der Waals surface area contributed by atoms with Gasteiger partial charge in [-0.2, -0.15) is 5.26 Å². The number of aromatic nitrogens is 1. The molecule has 0 aliphatic heterocycles. The van der Waals surface area contributed by atoms with Crippen molar-refractivity contribution < 1.29 is 9.59 Å². The molecule has 0 aliphatic carbocycles. The summed E-state index contributed by atoms with van der Waals surface area (Å²) in [5.41, 5.74) is 3.08. The average molecular weight is 378 g/mol. The number of amides is 2. The Kier molecular flexibility index (Phi) is 5.79. The Hall–Kier alpha value is -3.24. The number of thiazole rings is 1. The lowest BCUT2D eigenvalue weighted by atomic mass is 10.1. The number of hydrogen-bond acceptors (Lipinski definition) is 5. The van der Waals surface area contributed by atoms with Crippen LogP contribution in [-0.2, 0) is 16.0 Å². The lowest BCUT2D eigenvalue weighted by molar-refractivity contribution is -0.128. The van der Waals surface area contributed by atoms with E-state index in [4.69, 9.17) is 5.26 Å². The minimum Gasteiger partial charge on any atom is -0.344 e. The summed E-state index contributed by atoms with van der Waals surface area (Å²) in [5, 5.41) is 14.2. The highest BCUT2D eigenvalue weighted by Crippen LogP contribution is 2.28. The predicted molar refractivity (Wildman–Crippen MR) is 105 cm³/mol. The SMILES string of the molecule is C[C@H](NC(=O)Cc1nc2ccc(-c3ccccc3)cc2s1)C(=O)NCC#N. The van der Waals surface area contributed by atoms with Crippen molar-refractivity contribution in [3.8, 4) is 17.2 Å². The van der Waals surface area contributed by atoms with Gasteiger partial charge in [0.15, 0.2) is 0 Å². The summed E-state index contributed by atoms with van der Waals surface area (Å²) in [6.45, 7) is 1.50. The van der Waals surface area contributed by atoms with E-state index in [2.05, 4.69) is 33.8 Å². The lowest BCUT2D eigenvalue weighted by Gasteiger charge is -2.12. The van der Waals surface area contributed by atoms with E-state index in [9.17, 15) is 9.59 Å². The van der Waals surface area contributed by atoms with E-state index in [1.807, 2.05) is 36.4 Å². The molecule has 0 saturated heterocycles. The van der Waals surface area contributed by atoms with E-state index >= 15 is 0 Å². The summed E-state index contributed by atoms with van der Waals surface area (Å²) in [6.07, 6.45) is 0.107. The van der Waals surface area contributed by atoms with Gasteiger partial charge in [-0.25, -0.2) is 4.98 Å². The van der Waals surface area contributed by atoms with Crippen LogP contribution in [0.4, 0.5) is 0 Å². The van der Waals surface area contributed by atoms with E-state index in [-0.39, 0.29) is 24.8 Å². The fraction of sp³-hybridized carbons (Fsp3) is 0.200. The van der Waals surface area contributed by atoms with E-state index in [0.29, 0.717) is 5.01 Å². The number of nitrogens with one attached hydrogen (secondary N) is 2. The first-order valence-electron chi connectivity index (χ1n) is 8.45. The molecule has 0 bridgehead atoms. The van der Waals surface area contributed by atoms with Gasteiger partial charge in [0.2, 0.25) is 11.8 Å². The molecule has 1 aromatic heterocycles. The molecule has 1 heterocycles. The van der Waals surface area contributed by atoms with Gasteiger partial charge in [-0.05, 0) is 30.2 Å². The summed E-state index contributed by atoms with van der Waals surface area (Å²) in [4.78, 5) is 28.4. The van der Waals surface area contributed by atoms with Gasteiger partial charge in [-0.1, -0.05) is 36.4 Å². The van der Waals surface area contributed by atoms with Crippen LogP contribution < -0.4 is 10.6 Å². The van der Waals surface area contributed by atoms with Gasteiger partial charge in [0, 0.05) is 0 Å². The smallest absolute Gasteiger partial charge is 0.243 e. The van der Waals surface area contributed by atoms with Crippen LogP contribution in [0.25, 0.3) is 21.3 Å². The zero-order chi connectivity index (χ0) is 19.2. The second kappa shape index (κ2) is 8.43. The highest BCUT2D eigenvalue weighted by molar-refractivity contribution is 7.18. The second-order valence-electron chi connectivity index (χ2n) is 6.00. The van der Waals surface area contributed by atoms with Crippen molar-refractivity contribution in [2.45, 2.75) is 19.4 Å². The molecule has 3 aromatic rings. The number of rotatable bonds is 6. The van der Waals surface area contributed by atoms with Gasteiger partial charge in [0.25, 0.3) is 0 Å². The summed E-state index contributed by atoms with van der Waals surface area (Å²) in [5.74, 6) is -0.668. The molecule has 27 heavy (non-hydrogen) atoms. The maximum Gasteiger partial charge on any atom is 0.243 e. The van der Waals surface area contributed by atoms with Crippen LogP contribution >= 0.6 is 11.3 Å². The Morgan fingerprint density at radius 1 is 1.19 bits per heavy atom. The molecule has 0 saturated carbocycles. The molecule has 2 N–H and O–H groups in total. The van der Waals surface area contributed by atoms with Crippen LogP contribution in [0, 0.1) is 11.3 Å². The van der Waals surface area contributed by atoms with Gasteiger partial charge in [-0.15, -0.1) is 11.3 Å². The van der Waals surface area contributed by atoms with Gasteiger partial charge in [-0.3, -0.25) is 9.59 Å². The molecule has 1 atom stereocenters. The average Bonchev–Trinajstić information content (AvgIpc) is 3.07. The topological polar surface area (TPSA) is 94.9 Å². The Bertz CT molecular complexity index is 1010. The van der Waals surface area contributed by atoms with Crippen molar-refractivity contribution in [1.29, 1.82) is 5.26 Å². The summed E-state index contributed by atoms with van der Waals surface area (Å²) in [6, 6.07) is 17.2. The highest BCUT2D eigenvalue weighted by atomic mass is 32.1. The quantitative estimate of drug-likeness (QED) is 0.645. The van der Waals surface area contributed by atoms with E-state index in [1.54, 1.807) is 6.92 Å². The number of carbonyl (C=O) groups is 2. The number of fused-ring (bicyclic) bond motifs is 1. The minimum absolute atomic E-state index is 0.0827. The molecular weight excluding hydrogens is 360 g/mol. The standard InChI is InChI=1S/C20H18N4O2S/c1-13(20(26)22-10-9-21)23-18(25)12-19-24-16-8-7-15(11-17(16)27-19)14-5-3-2-4-6-14/h2-8,11,13H,10,12H2,1H3,(H,22,26)(H,23,25)/t13-/m0/s1. The molecule has 6 nitrogen and oxygen atoms in total. The molecule has 0 unspecified atom stereocenters. The van der Waals surface area contributed by atoms with Crippen molar-refractivity contribution in [3.63, 3.8) is 0 Å². The summed E-state index contributed by atoms with van der Waals surface area (Å²) in [7, 11) is 0. The van der Waals surface area contributed by atoms with Crippen LogP contribution in [0.2, 0.25) is 0 Å². The third-order valence-corrected chi connectivity index (χ3v) is 4.98. The molecule has 7 heteroatoms. The first kappa shape index (κ1) is 18.5. The molecule has 2 amide bonds. The first-order chi connectivity index (χ1) is 13.1. The number of carbonyl (C=O) groups excluding carboxylic acids is 2. The summed E-state index contributed by atoms with van der Waals surface area (Å²) < 4.78 is 1.01. The molecule has 0 fully saturated rings. The van der Waals surface area contributed by atoms with Crippen molar-refractivity contribution in [2.24, 2.45) is 0 Å². The summed E-state index contributed by atoms with van der Waals surface area (Å²) >= 11 is 1.47. The van der Waals surface area contributed by atoms with Crippen molar-refractivity contribution in [3.05, 3.63) is 53.5 Å². The lowest BCUT2D eigenvalue weighted by Crippen LogP contribution is -2.45. The van der Waals surface area contributed by atoms with Gasteiger partial charge < -0.3 is 10.6 Å². The monoisotopic (exact) mass is 378 g/mol. The largest absolute Gasteiger partial charge is 0.344 e.